The van der Waals surface area contributed by atoms with Crippen molar-refractivity contribution in [3.63, 3.8) is 0 Å². The number of aryl methyl sites for hydroxylation is 2. The molecule has 0 aliphatic heterocycles. The van der Waals surface area contributed by atoms with E-state index in [9.17, 15) is 0 Å². The number of nitrogens with one attached hydrogen (secondary N) is 1. The second-order valence-corrected chi connectivity index (χ2v) is 5.63. The molecule has 0 fully saturated rings. The summed E-state index contributed by atoms with van der Waals surface area (Å²) in [6.45, 7) is 5.25. The molecule has 0 atom stereocenters. The summed E-state index contributed by atoms with van der Waals surface area (Å²) in [6, 6.07) is 8.34. The van der Waals surface area contributed by atoms with Crippen LogP contribution in [0.3, 0.4) is 0 Å². The number of benzene rings is 1. The summed E-state index contributed by atoms with van der Waals surface area (Å²) in [5.74, 6) is 0.933. The summed E-state index contributed by atoms with van der Waals surface area (Å²) < 4.78 is 3.43. The van der Waals surface area contributed by atoms with Crippen molar-refractivity contribution in [3.05, 3.63) is 39.7 Å². The topological polar surface area (TPSA) is 29.9 Å². The van der Waals surface area contributed by atoms with Gasteiger partial charge in [0.1, 0.15) is 0 Å². The average Bonchev–Trinajstić information content (AvgIpc) is 2.70. The third-order valence-corrected chi connectivity index (χ3v) is 3.47. The highest BCUT2D eigenvalue weighted by Gasteiger charge is 2.05. The number of aromatic nitrogens is 2. The lowest BCUT2D eigenvalue weighted by Gasteiger charge is -2.09. The number of unbranched alkanes of at least 4 members (excludes halogenated alkanes) is 1. The maximum Gasteiger partial charge on any atom is 0.207 e. The van der Waals surface area contributed by atoms with Gasteiger partial charge in [-0.05, 0) is 60.2 Å². The van der Waals surface area contributed by atoms with Crippen LogP contribution in [0, 0.1) is 10.5 Å². The smallest absolute Gasteiger partial charge is 0.207 e. The lowest BCUT2D eigenvalue weighted by Crippen LogP contribution is -2.03. The molecule has 18 heavy (non-hydrogen) atoms. The molecule has 1 heterocycles. The van der Waals surface area contributed by atoms with Crippen molar-refractivity contribution in [1.82, 2.24) is 9.55 Å². The lowest BCUT2D eigenvalue weighted by atomic mass is 10.3. The van der Waals surface area contributed by atoms with Crippen molar-refractivity contribution >= 4 is 34.2 Å². The highest BCUT2D eigenvalue weighted by atomic mass is 127. The Morgan fingerprint density at radius 3 is 2.67 bits per heavy atom. The van der Waals surface area contributed by atoms with Crippen LogP contribution in [0.25, 0.3) is 0 Å². The number of rotatable bonds is 5. The minimum Gasteiger partial charge on any atom is -0.326 e. The van der Waals surface area contributed by atoms with Gasteiger partial charge in [-0.15, -0.1) is 0 Å². The molecule has 0 saturated carbocycles. The molecule has 1 N–H and O–H groups in total. The van der Waals surface area contributed by atoms with E-state index in [0.29, 0.717) is 0 Å². The molecule has 1 aromatic carbocycles. The molecule has 0 aliphatic carbocycles. The van der Waals surface area contributed by atoms with E-state index in [1.54, 1.807) is 0 Å². The molecular formula is C14H18IN3. The molecule has 0 bridgehead atoms. The van der Waals surface area contributed by atoms with Gasteiger partial charge >= 0.3 is 0 Å². The van der Waals surface area contributed by atoms with Crippen LogP contribution in [0.5, 0.6) is 0 Å². The third-order valence-electron chi connectivity index (χ3n) is 2.75. The van der Waals surface area contributed by atoms with E-state index in [2.05, 4.69) is 74.8 Å². The van der Waals surface area contributed by atoms with E-state index in [4.69, 9.17) is 0 Å². The first kappa shape index (κ1) is 13.4. The Morgan fingerprint density at radius 1 is 1.28 bits per heavy atom. The van der Waals surface area contributed by atoms with Crippen LogP contribution in [-0.2, 0) is 6.54 Å². The van der Waals surface area contributed by atoms with Gasteiger partial charge in [-0.2, -0.15) is 0 Å². The van der Waals surface area contributed by atoms with E-state index >= 15 is 0 Å². The van der Waals surface area contributed by atoms with E-state index < -0.39 is 0 Å². The molecule has 2 aromatic rings. The fourth-order valence-corrected chi connectivity index (χ4v) is 2.17. The van der Waals surface area contributed by atoms with Crippen molar-refractivity contribution in [2.45, 2.75) is 33.2 Å². The quantitative estimate of drug-likeness (QED) is 0.809. The number of hydrogen-bond donors (Lipinski definition) is 1. The normalized spacial score (nSPS) is 10.6. The predicted molar refractivity (Wildman–Crippen MR) is 84.3 cm³/mol. The molecule has 0 amide bonds. The van der Waals surface area contributed by atoms with E-state index in [1.807, 2.05) is 6.92 Å². The molecule has 0 unspecified atom stereocenters. The number of hydrogen-bond acceptors (Lipinski definition) is 2. The maximum absolute atomic E-state index is 4.53. The molecule has 4 heteroatoms. The van der Waals surface area contributed by atoms with Gasteiger partial charge in [0.2, 0.25) is 5.95 Å². The van der Waals surface area contributed by atoms with Gasteiger partial charge in [-0.3, -0.25) is 0 Å². The monoisotopic (exact) mass is 355 g/mol. The number of halogens is 1. The van der Waals surface area contributed by atoms with Crippen molar-refractivity contribution in [3.8, 4) is 0 Å². The van der Waals surface area contributed by atoms with Crippen LogP contribution < -0.4 is 5.32 Å². The Hall–Kier alpha value is -1.04. The van der Waals surface area contributed by atoms with Crippen molar-refractivity contribution < 1.29 is 0 Å². The highest BCUT2D eigenvalue weighted by molar-refractivity contribution is 14.1. The zero-order valence-electron chi connectivity index (χ0n) is 10.8. The summed E-state index contributed by atoms with van der Waals surface area (Å²) in [5.41, 5.74) is 2.14. The molecule has 3 nitrogen and oxygen atoms in total. The lowest BCUT2D eigenvalue weighted by molar-refractivity contribution is 0.637. The van der Waals surface area contributed by atoms with Crippen molar-refractivity contribution in [1.29, 1.82) is 0 Å². The largest absolute Gasteiger partial charge is 0.326 e. The van der Waals surface area contributed by atoms with E-state index in [0.717, 1.165) is 23.9 Å². The summed E-state index contributed by atoms with van der Waals surface area (Å²) in [6.07, 6.45) is 4.47. The molecule has 96 valence electrons. The van der Waals surface area contributed by atoms with Crippen LogP contribution in [0.4, 0.5) is 11.6 Å². The van der Waals surface area contributed by atoms with Crippen molar-refractivity contribution in [2.24, 2.45) is 0 Å². The molecule has 0 spiro atoms. The van der Waals surface area contributed by atoms with Crippen LogP contribution in [0.15, 0.2) is 30.5 Å². The Balaban J connectivity index is 2.14. The second-order valence-electron chi connectivity index (χ2n) is 4.38. The summed E-state index contributed by atoms with van der Waals surface area (Å²) in [4.78, 5) is 4.53. The Bertz CT molecular complexity index is 502. The highest BCUT2D eigenvalue weighted by Crippen LogP contribution is 2.18. The summed E-state index contributed by atoms with van der Waals surface area (Å²) in [5, 5.41) is 3.38. The Labute approximate surface area is 122 Å². The molecule has 0 radical (unpaired) electrons. The first-order chi connectivity index (χ1) is 8.69. The number of nitrogens with zero attached hydrogens (tertiary/aromatic N) is 2. The fraction of sp³-hybridized carbons (Fsp3) is 0.357. The Kier molecular flexibility index (Phi) is 4.63. The van der Waals surface area contributed by atoms with E-state index in [-0.39, 0.29) is 0 Å². The molecular weight excluding hydrogens is 337 g/mol. The number of anilines is 2. The van der Waals surface area contributed by atoms with Crippen LogP contribution in [0.2, 0.25) is 0 Å². The van der Waals surface area contributed by atoms with Gasteiger partial charge in [-0.1, -0.05) is 13.3 Å². The van der Waals surface area contributed by atoms with Gasteiger partial charge in [0.25, 0.3) is 0 Å². The minimum absolute atomic E-state index is 0.933. The molecule has 1 aromatic heterocycles. The molecule has 2 rings (SSSR count). The average molecular weight is 355 g/mol. The van der Waals surface area contributed by atoms with Gasteiger partial charge in [0.15, 0.2) is 0 Å². The van der Waals surface area contributed by atoms with Gasteiger partial charge < -0.3 is 9.88 Å². The Morgan fingerprint density at radius 2 is 2.00 bits per heavy atom. The summed E-state index contributed by atoms with van der Waals surface area (Å²) in [7, 11) is 0. The molecule has 0 saturated heterocycles. The van der Waals surface area contributed by atoms with Crippen LogP contribution in [-0.4, -0.2) is 9.55 Å². The van der Waals surface area contributed by atoms with Crippen LogP contribution >= 0.6 is 22.6 Å². The van der Waals surface area contributed by atoms with Gasteiger partial charge in [0.05, 0.1) is 5.69 Å². The van der Waals surface area contributed by atoms with Gasteiger partial charge in [0, 0.05) is 22.0 Å². The van der Waals surface area contributed by atoms with Crippen LogP contribution in [0.1, 0.15) is 25.5 Å². The third kappa shape index (κ3) is 3.48. The first-order valence-electron chi connectivity index (χ1n) is 6.25. The standard InChI is InChI=1S/C14H18IN3/c1-3-4-9-18-10-11(2)16-14(18)17-13-7-5-12(15)6-8-13/h5-8,10H,3-4,9H2,1-2H3,(H,16,17). The number of imidazole rings is 1. The SMILES string of the molecule is CCCCn1cc(C)nc1Nc1ccc(I)cc1. The molecule has 0 aliphatic rings. The predicted octanol–water partition coefficient (Wildman–Crippen LogP) is 4.34. The zero-order valence-corrected chi connectivity index (χ0v) is 12.9. The second kappa shape index (κ2) is 6.22. The summed E-state index contributed by atoms with van der Waals surface area (Å²) >= 11 is 2.31. The minimum atomic E-state index is 0.933. The van der Waals surface area contributed by atoms with E-state index in [1.165, 1.54) is 16.4 Å². The van der Waals surface area contributed by atoms with Gasteiger partial charge in [-0.25, -0.2) is 4.98 Å². The fourth-order valence-electron chi connectivity index (χ4n) is 1.81. The van der Waals surface area contributed by atoms with Crippen molar-refractivity contribution in [2.75, 3.05) is 5.32 Å². The maximum atomic E-state index is 4.53. The zero-order chi connectivity index (χ0) is 13.0. The first-order valence-corrected chi connectivity index (χ1v) is 7.33.